The van der Waals surface area contributed by atoms with Crippen LogP contribution in [0, 0.1) is 0 Å². The van der Waals surface area contributed by atoms with Crippen LogP contribution in [0.25, 0.3) is 0 Å². The van der Waals surface area contributed by atoms with Crippen LogP contribution in [-0.4, -0.2) is 41.8 Å². The number of hydrogen-bond acceptors (Lipinski definition) is 4. The molecule has 3 atom stereocenters. The van der Waals surface area contributed by atoms with E-state index in [9.17, 15) is 5.11 Å². The molecule has 22 heavy (non-hydrogen) atoms. The standard InChI is InChI=1S/C18H29NO3/c20-17(18-9-6-12-22-18)13-15-7-2-1-4-10-19(15)14-16-8-3-5-11-21-16/h6,9,12,15-17,20H,1-5,7-8,10-11,13-14H2. The Hall–Kier alpha value is -0.840. The molecule has 1 N–H and O–H groups in total. The van der Waals surface area contributed by atoms with Crippen molar-refractivity contribution in [3.63, 3.8) is 0 Å². The lowest BCUT2D eigenvalue weighted by Gasteiger charge is -2.35. The van der Waals surface area contributed by atoms with E-state index in [1.54, 1.807) is 6.26 Å². The fourth-order valence-electron chi connectivity index (χ4n) is 3.81. The highest BCUT2D eigenvalue weighted by atomic mass is 16.5. The highest BCUT2D eigenvalue weighted by Gasteiger charge is 2.27. The van der Waals surface area contributed by atoms with Gasteiger partial charge < -0.3 is 14.3 Å². The summed E-state index contributed by atoms with van der Waals surface area (Å²) in [5, 5.41) is 10.4. The number of furan rings is 1. The highest BCUT2D eigenvalue weighted by Crippen LogP contribution is 2.27. The van der Waals surface area contributed by atoms with E-state index in [-0.39, 0.29) is 0 Å². The van der Waals surface area contributed by atoms with Crippen molar-refractivity contribution in [3.05, 3.63) is 24.2 Å². The summed E-state index contributed by atoms with van der Waals surface area (Å²) >= 11 is 0. The van der Waals surface area contributed by atoms with Crippen molar-refractivity contribution in [2.45, 2.75) is 69.6 Å². The first-order valence-corrected chi connectivity index (χ1v) is 8.90. The van der Waals surface area contributed by atoms with Crippen LogP contribution in [0.15, 0.2) is 22.8 Å². The second-order valence-electron chi connectivity index (χ2n) is 6.75. The number of aliphatic hydroxyl groups is 1. The molecule has 2 aliphatic rings. The normalized spacial score (nSPS) is 29.1. The molecule has 2 aliphatic heterocycles. The molecular formula is C18H29NO3. The van der Waals surface area contributed by atoms with Gasteiger partial charge in [0, 0.05) is 19.2 Å². The number of hydrogen-bond donors (Lipinski definition) is 1. The number of nitrogens with zero attached hydrogens (tertiary/aromatic N) is 1. The lowest BCUT2D eigenvalue weighted by molar-refractivity contribution is -0.0189. The fraction of sp³-hybridized carbons (Fsp3) is 0.778. The summed E-state index contributed by atoms with van der Waals surface area (Å²) in [7, 11) is 0. The Labute approximate surface area is 133 Å². The maximum absolute atomic E-state index is 10.4. The zero-order chi connectivity index (χ0) is 15.2. The summed E-state index contributed by atoms with van der Waals surface area (Å²) in [6, 6.07) is 4.16. The Balaban J connectivity index is 1.59. The monoisotopic (exact) mass is 307 g/mol. The van der Waals surface area contributed by atoms with Crippen molar-refractivity contribution in [2.75, 3.05) is 19.7 Å². The predicted octanol–water partition coefficient (Wildman–Crippen LogP) is 3.52. The second kappa shape index (κ2) is 8.14. The maximum Gasteiger partial charge on any atom is 0.132 e. The van der Waals surface area contributed by atoms with Crippen molar-refractivity contribution in [3.8, 4) is 0 Å². The summed E-state index contributed by atoms with van der Waals surface area (Å²) in [5.74, 6) is 0.693. The minimum absolute atomic E-state index is 0.384. The van der Waals surface area contributed by atoms with Gasteiger partial charge in [-0.1, -0.05) is 12.8 Å². The predicted molar refractivity (Wildman–Crippen MR) is 85.7 cm³/mol. The van der Waals surface area contributed by atoms with Crippen LogP contribution >= 0.6 is 0 Å². The SMILES string of the molecule is OC(CC1CCCCCN1CC1CCCCO1)c1ccco1. The van der Waals surface area contributed by atoms with Gasteiger partial charge in [0.25, 0.3) is 0 Å². The average Bonchev–Trinajstić information content (AvgIpc) is 3.00. The van der Waals surface area contributed by atoms with E-state index in [0.717, 1.165) is 26.1 Å². The molecule has 4 heteroatoms. The van der Waals surface area contributed by atoms with E-state index in [1.165, 1.54) is 44.9 Å². The zero-order valence-electron chi connectivity index (χ0n) is 13.5. The Morgan fingerprint density at radius 3 is 2.86 bits per heavy atom. The number of ether oxygens (including phenoxy) is 1. The molecule has 0 radical (unpaired) electrons. The molecule has 0 aliphatic carbocycles. The van der Waals surface area contributed by atoms with Gasteiger partial charge in [-0.25, -0.2) is 0 Å². The zero-order valence-corrected chi connectivity index (χ0v) is 13.5. The van der Waals surface area contributed by atoms with Crippen molar-refractivity contribution >= 4 is 0 Å². The second-order valence-corrected chi connectivity index (χ2v) is 6.75. The molecule has 0 saturated carbocycles. The van der Waals surface area contributed by atoms with E-state index >= 15 is 0 Å². The topological polar surface area (TPSA) is 45.8 Å². The molecule has 3 unspecified atom stereocenters. The van der Waals surface area contributed by atoms with Gasteiger partial charge in [0.15, 0.2) is 0 Å². The van der Waals surface area contributed by atoms with Gasteiger partial charge in [0.1, 0.15) is 11.9 Å². The minimum atomic E-state index is -0.493. The number of aliphatic hydroxyl groups excluding tert-OH is 1. The van der Waals surface area contributed by atoms with Crippen LogP contribution in [-0.2, 0) is 4.74 Å². The van der Waals surface area contributed by atoms with Crippen LogP contribution in [0.1, 0.15) is 63.2 Å². The first-order valence-electron chi connectivity index (χ1n) is 8.90. The quantitative estimate of drug-likeness (QED) is 0.904. The molecule has 3 rings (SSSR count). The van der Waals surface area contributed by atoms with E-state index in [0.29, 0.717) is 17.9 Å². The largest absolute Gasteiger partial charge is 0.467 e. The van der Waals surface area contributed by atoms with E-state index in [2.05, 4.69) is 4.90 Å². The third kappa shape index (κ3) is 4.34. The third-order valence-corrected chi connectivity index (χ3v) is 5.08. The lowest BCUT2D eigenvalue weighted by atomic mass is 10.0. The molecule has 0 spiro atoms. The molecule has 1 aromatic rings. The van der Waals surface area contributed by atoms with Gasteiger partial charge in [-0.15, -0.1) is 0 Å². The molecule has 4 nitrogen and oxygen atoms in total. The maximum atomic E-state index is 10.4. The molecule has 1 aromatic heterocycles. The average molecular weight is 307 g/mol. The van der Waals surface area contributed by atoms with E-state index in [1.807, 2.05) is 12.1 Å². The lowest BCUT2D eigenvalue weighted by Crippen LogP contribution is -2.42. The van der Waals surface area contributed by atoms with Crippen LogP contribution < -0.4 is 0 Å². The Bertz CT molecular complexity index is 414. The van der Waals surface area contributed by atoms with Crippen molar-refractivity contribution in [2.24, 2.45) is 0 Å². The Kier molecular flexibility index (Phi) is 5.93. The van der Waals surface area contributed by atoms with Gasteiger partial charge in [0.05, 0.1) is 12.4 Å². The van der Waals surface area contributed by atoms with Crippen LogP contribution in [0.2, 0.25) is 0 Å². The van der Waals surface area contributed by atoms with Crippen molar-refractivity contribution in [1.82, 2.24) is 4.90 Å². The van der Waals surface area contributed by atoms with Crippen molar-refractivity contribution in [1.29, 1.82) is 0 Å². The first-order chi connectivity index (χ1) is 10.8. The molecule has 2 saturated heterocycles. The third-order valence-electron chi connectivity index (χ3n) is 5.08. The van der Waals surface area contributed by atoms with Crippen LogP contribution in [0.4, 0.5) is 0 Å². The summed E-state index contributed by atoms with van der Waals surface area (Å²) in [6.07, 6.45) is 11.0. The molecule has 2 fully saturated rings. The van der Waals surface area contributed by atoms with Gasteiger partial charge in [-0.3, -0.25) is 4.90 Å². The number of likely N-dealkylation sites (tertiary alicyclic amines) is 1. The molecular weight excluding hydrogens is 278 g/mol. The van der Waals surface area contributed by atoms with E-state index < -0.39 is 6.10 Å². The summed E-state index contributed by atoms with van der Waals surface area (Å²) in [5.41, 5.74) is 0. The summed E-state index contributed by atoms with van der Waals surface area (Å²) in [4.78, 5) is 2.56. The first kappa shape index (κ1) is 16.0. The molecule has 0 aromatic carbocycles. The summed E-state index contributed by atoms with van der Waals surface area (Å²) in [6.45, 7) is 3.07. The highest BCUT2D eigenvalue weighted by molar-refractivity contribution is 5.02. The molecule has 0 amide bonds. The van der Waals surface area contributed by atoms with Crippen molar-refractivity contribution < 1.29 is 14.3 Å². The van der Waals surface area contributed by atoms with Crippen LogP contribution in [0.5, 0.6) is 0 Å². The number of rotatable bonds is 5. The Morgan fingerprint density at radius 2 is 2.09 bits per heavy atom. The Morgan fingerprint density at radius 1 is 1.18 bits per heavy atom. The van der Waals surface area contributed by atoms with E-state index in [4.69, 9.17) is 9.15 Å². The minimum Gasteiger partial charge on any atom is -0.467 e. The van der Waals surface area contributed by atoms with Gasteiger partial charge >= 0.3 is 0 Å². The van der Waals surface area contributed by atoms with Crippen LogP contribution in [0.3, 0.4) is 0 Å². The fourth-order valence-corrected chi connectivity index (χ4v) is 3.81. The van der Waals surface area contributed by atoms with Gasteiger partial charge in [-0.2, -0.15) is 0 Å². The molecule has 3 heterocycles. The summed E-state index contributed by atoms with van der Waals surface area (Å²) < 4.78 is 11.3. The van der Waals surface area contributed by atoms with Gasteiger partial charge in [-0.05, 0) is 57.2 Å². The molecule has 124 valence electrons. The smallest absolute Gasteiger partial charge is 0.132 e. The molecule has 0 bridgehead atoms. The van der Waals surface area contributed by atoms with Gasteiger partial charge in [0.2, 0.25) is 0 Å².